The van der Waals surface area contributed by atoms with Gasteiger partial charge in [0.1, 0.15) is 5.65 Å². The van der Waals surface area contributed by atoms with E-state index >= 15 is 0 Å². The van der Waals surface area contributed by atoms with Gasteiger partial charge in [0.05, 0.1) is 6.20 Å². The summed E-state index contributed by atoms with van der Waals surface area (Å²) in [5.74, 6) is -1.20. The van der Waals surface area contributed by atoms with Gasteiger partial charge in [-0.3, -0.25) is 19.0 Å². The van der Waals surface area contributed by atoms with Crippen molar-refractivity contribution in [2.24, 2.45) is 5.92 Å². The Hall–Kier alpha value is -3.40. The molecule has 3 heterocycles. The molecule has 1 aromatic carbocycles. The number of nitrogens with one attached hydrogen (secondary N) is 1. The van der Waals surface area contributed by atoms with Crippen molar-refractivity contribution in [1.82, 2.24) is 19.5 Å². The lowest BCUT2D eigenvalue weighted by Crippen LogP contribution is -2.36. The number of aromatic nitrogens is 3. The van der Waals surface area contributed by atoms with Gasteiger partial charge in [-0.15, -0.1) is 0 Å². The molecular formula is C25H26BrN5O4. The molecule has 2 aromatic heterocycles. The molecule has 1 aliphatic carbocycles. The largest absolute Gasteiger partial charge is 0.492 e. The van der Waals surface area contributed by atoms with E-state index in [-0.39, 0.29) is 23.4 Å². The molecule has 1 aliphatic heterocycles. The van der Waals surface area contributed by atoms with Crippen LogP contribution in [0.5, 0.6) is 5.88 Å². The summed E-state index contributed by atoms with van der Waals surface area (Å²) in [4.78, 5) is 40.8. The lowest BCUT2D eigenvalue weighted by atomic mass is 10.2. The maximum Gasteiger partial charge on any atom is 0.270 e. The molecule has 0 spiro atoms. The number of hydrogen-bond acceptors (Lipinski definition) is 5. The predicted octanol–water partition coefficient (Wildman–Crippen LogP) is 3.11. The number of fused-ring (bicyclic) bond motifs is 2. The Labute approximate surface area is 210 Å². The first-order valence-electron chi connectivity index (χ1n) is 11.7. The van der Waals surface area contributed by atoms with Crippen LogP contribution in [0.1, 0.15) is 48.2 Å². The quantitative estimate of drug-likeness (QED) is 0.468. The highest BCUT2D eigenvalue weighted by Gasteiger charge is 2.30. The van der Waals surface area contributed by atoms with Crippen LogP contribution in [0.15, 0.2) is 39.7 Å². The SMILES string of the molecule is CC(C)Cn1c(=O)c(C(=O)NC2CC2)c(O)n2ncc(/C=C/C(=O)N3CCc4cc(Br)ccc43)c12. The molecule has 5 rings (SSSR count). The second kappa shape index (κ2) is 8.99. The van der Waals surface area contributed by atoms with Crippen molar-refractivity contribution in [1.29, 1.82) is 0 Å². The van der Waals surface area contributed by atoms with E-state index < -0.39 is 17.3 Å². The van der Waals surface area contributed by atoms with Crippen molar-refractivity contribution < 1.29 is 14.7 Å². The van der Waals surface area contributed by atoms with Gasteiger partial charge in [0, 0.05) is 40.9 Å². The molecule has 1 saturated carbocycles. The number of halogens is 1. The van der Waals surface area contributed by atoms with E-state index in [9.17, 15) is 19.5 Å². The van der Waals surface area contributed by atoms with Crippen LogP contribution in [-0.2, 0) is 17.8 Å². The van der Waals surface area contributed by atoms with Gasteiger partial charge >= 0.3 is 0 Å². The zero-order valence-corrected chi connectivity index (χ0v) is 21.1. The van der Waals surface area contributed by atoms with E-state index in [1.54, 1.807) is 11.0 Å². The summed E-state index contributed by atoms with van der Waals surface area (Å²) in [6.07, 6.45) is 7.02. The number of anilines is 1. The van der Waals surface area contributed by atoms with Crippen molar-refractivity contribution in [3.05, 3.63) is 62.0 Å². The van der Waals surface area contributed by atoms with Crippen LogP contribution in [0, 0.1) is 5.92 Å². The number of nitrogens with zero attached hydrogens (tertiary/aromatic N) is 4. The number of amides is 2. The lowest BCUT2D eigenvalue weighted by molar-refractivity contribution is -0.114. The van der Waals surface area contributed by atoms with E-state index in [0.717, 1.165) is 35.0 Å². The van der Waals surface area contributed by atoms with E-state index in [1.165, 1.54) is 21.4 Å². The van der Waals surface area contributed by atoms with Crippen molar-refractivity contribution in [2.75, 3.05) is 11.4 Å². The summed E-state index contributed by atoms with van der Waals surface area (Å²) >= 11 is 3.47. The van der Waals surface area contributed by atoms with Crippen LogP contribution in [0.4, 0.5) is 5.69 Å². The van der Waals surface area contributed by atoms with Crippen molar-refractivity contribution in [2.45, 2.75) is 45.7 Å². The van der Waals surface area contributed by atoms with Gasteiger partial charge < -0.3 is 15.3 Å². The minimum atomic E-state index is -0.600. The van der Waals surface area contributed by atoms with Crippen LogP contribution in [0.3, 0.4) is 0 Å². The Bertz CT molecular complexity index is 1430. The zero-order chi connectivity index (χ0) is 24.9. The van der Waals surface area contributed by atoms with Gasteiger partial charge in [-0.2, -0.15) is 9.61 Å². The van der Waals surface area contributed by atoms with Gasteiger partial charge in [0.15, 0.2) is 5.56 Å². The summed E-state index contributed by atoms with van der Waals surface area (Å²) in [5.41, 5.74) is 1.91. The highest BCUT2D eigenvalue weighted by molar-refractivity contribution is 9.10. The summed E-state index contributed by atoms with van der Waals surface area (Å²) in [6.45, 7) is 4.82. The Kier molecular flexibility index (Phi) is 6.00. The summed E-state index contributed by atoms with van der Waals surface area (Å²) in [7, 11) is 0. The summed E-state index contributed by atoms with van der Waals surface area (Å²) in [5, 5.41) is 17.8. The third-order valence-corrected chi connectivity index (χ3v) is 6.70. The maximum absolute atomic E-state index is 13.3. The number of benzene rings is 1. The van der Waals surface area contributed by atoms with Crippen LogP contribution in [0.2, 0.25) is 0 Å². The molecule has 2 N–H and O–H groups in total. The van der Waals surface area contributed by atoms with Crippen LogP contribution >= 0.6 is 15.9 Å². The van der Waals surface area contributed by atoms with E-state index in [2.05, 4.69) is 26.3 Å². The Morgan fingerprint density at radius 2 is 2.09 bits per heavy atom. The number of carbonyl (C=O) groups is 2. The van der Waals surface area contributed by atoms with Crippen LogP contribution < -0.4 is 15.8 Å². The van der Waals surface area contributed by atoms with Gasteiger partial charge in [0.25, 0.3) is 17.4 Å². The number of carbonyl (C=O) groups excluding carboxylic acids is 2. The molecule has 0 atom stereocenters. The van der Waals surface area contributed by atoms with E-state index in [0.29, 0.717) is 24.3 Å². The Morgan fingerprint density at radius 3 is 2.80 bits per heavy atom. The molecule has 35 heavy (non-hydrogen) atoms. The number of aromatic hydroxyl groups is 1. The standard InChI is InChI=1S/C25H26BrN5O4/c1-14(2)13-30-23-16(3-8-20(32)29-10-9-15-11-17(26)4-7-19(15)29)12-27-31(23)25(35)21(24(30)34)22(33)28-18-5-6-18/h3-4,7-8,11-12,14,18,35H,5-6,9-10,13H2,1-2H3,(H,28,33)/b8-3+. The molecule has 0 bridgehead atoms. The molecule has 182 valence electrons. The average Bonchev–Trinajstić information content (AvgIpc) is 3.35. The summed E-state index contributed by atoms with van der Waals surface area (Å²) < 4.78 is 3.62. The van der Waals surface area contributed by atoms with Crippen LogP contribution in [-0.4, -0.2) is 43.7 Å². The first-order chi connectivity index (χ1) is 16.7. The fourth-order valence-electron chi connectivity index (χ4n) is 4.40. The van der Waals surface area contributed by atoms with E-state index in [1.807, 2.05) is 32.0 Å². The molecule has 10 heteroatoms. The molecule has 2 aliphatic rings. The highest BCUT2D eigenvalue weighted by Crippen LogP contribution is 2.31. The molecule has 3 aromatic rings. The van der Waals surface area contributed by atoms with Gasteiger partial charge in [-0.05, 0) is 55.0 Å². The topological polar surface area (TPSA) is 109 Å². The second-order valence-corrected chi connectivity index (χ2v) is 10.4. The Morgan fingerprint density at radius 1 is 1.31 bits per heavy atom. The van der Waals surface area contributed by atoms with Gasteiger partial charge in [0.2, 0.25) is 5.88 Å². The first-order valence-corrected chi connectivity index (χ1v) is 12.5. The first kappa shape index (κ1) is 23.3. The molecular weight excluding hydrogens is 514 g/mol. The predicted molar refractivity (Wildman–Crippen MR) is 136 cm³/mol. The van der Waals surface area contributed by atoms with Crippen molar-refractivity contribution >= 4 is 45.2 Å². The third kappa shape index (κ3) is 4.38. The molecule has 0 radical (unpaired) electrons. The fourth-order valence-corrected chi connectivity index (χ4v) is 4.81. The number of hydrogen-bond donors (Lipinski definition) is 2. The fraction of sp³-hybridized carbons (Fsp3) is 0.360. The normalized spacial score (nSPS) is 15.4. The van der Waals surface area contributed by atoms with E-state index in [4.69, 9.17) is 0 Å². The highest BCUT2D eigenvalue weighted by atomic mass is 79.9. The maximum atomic E-state index is 13.3. The van der Waals surface area contributed by atoms with Crippen molar-refractivity contribution in [3.63, 3.8) is 0 Å². The zero-order valence-electron chi connectivity index (χ0n) is 19.5. The molecule has 9 nitrogen and oxygen atoms in total. The van der Waals surface area contributed by atoms with Gasteiger partial charge in [-0.25, -0.2) is 0 Å². The van der Waals surface area contributed by atoms with Crippen LogP contribution in [0.25, 0.3) is 11.7 Å². The molecule has 0 unspecified atom stereocenters. The molecule has 0 saturated heterocycles. The third-order valence-electron chi connectivity index (χ3n) is 6.21. The molecule has 2 amide bonds. The van der Waals surface area contributed by atoms with Crippen molar-refractivity contribution in [3.8, 4) is 5.88 Å². The Balaban J connectivity index is 1.53. The number of rotatable bonds is 6. The monoisotopic (exact) mass is 539 g/mol. The molecule has 1 fully saturated rings. The summed E-state index contributed by atoms with van der Waals surface area (Å²) in [6, 6.07) is 5.88. The minimum absolute atomic E-state index is 0.0366. The average molecular weight is 540 g/mol. The minimum Gasteiger partial charge on any atom is -0.492 e. The smallest absolute Gasteiger partial charge is 0.270 e. The second-order valence-electron chi connectivity index (χ2n) is 9.44. The van der Waals surface area contributed by atoms with Gasteiger partial charge in [-0.1, -0.05) is 29.8 Å². The lowest BCUT2D eigenvalue weighted by Gasteiger charge is -2.16.